The second-order valence-electron chi connectivity index (χ2n) is 4.34. The first-order valence-electron chi connectivity index (χ1n) is 6.12. The normalized spacial score (nSPS) is 11.9. The van der Waals surface area contributed by atoms with E-state index in [-0.39, 0.29) is 18.3 Å². The second-order valence-corrected chi connectivity index (χ2v) is 4.77. The first-order valence-corrected chi connectivity index (χ1v) is 6.50. The molecule has 0 saturated heterocycles. The lowest BCUT2D eigenvalue weighted by Gasteiger charge is -2.15. The van der Waals surface area contributed by atoms with Gasteiger partial charge in [0.1, 0.15) is 0 Å². The van der Waals surface area contributed by atoms with Crippen LogP contribution in [0.15, 0.2) is 48.7 Å². The maximum atomic E-state index is 11.9. The SMILES string of the molecule is COC(=O)CC(c1ccc(Cl)cc1)c1cccc[n+]1[O-]. The number of rotatable bonds is 4. The van der Waals surface area contributed by atoms with Gasteiger partial charge < -0.3 is 9.94 Å². The van der Waals surface area contributed by atoms with Crippen LogP contribution in [0.25, 0.3) is 0 Å². The van der Waals surface area contributed by atoms with Gasteiger partial charge in [0, 0.05) is 17.2 Å². The molecule has 1 atom stereocenters. The van der Waals surface area contributed by atoms with Gasteiger partial charge in [0.2, 0.25) is 5.69 Å². The maximum Gasteiger partial charge on any atom is 0.306 e. The lowest BCUT2D eigenvalue weighted by atomic mass is 9.92. The Kier molecular flexibility index (Phi) is 4.58. The van der Waals surface area contributed by atoms with E-state index in [0.29, 0.717) is 10.7 Å². The van der Waals surface area contributed by atoms with Crippen LogP contribution in [0.2, 0.25) is 5.02 Å². The van der Waals surface area contributed by atoms with E-state index in [4.69, 9.17) is 16.3 Å². The Bertz CT molecular complexity index is 598. The van der Waals surface area contributed by atoms with Crippen LogP contribution in [-0.2, 0) is 9.53 Å². The van der Waals surface area contributed by atoms with Gasteiger partial charge in [-0.2, -0.15) is 4.73 Å². The molecule has 1 unspecified atom stereocenters. The molecular formula is C15H14ClNO3. The lowest BCUT2D eigenvalue weighted by Crippen LogP contribution is -2.33. The Morgan fingerprint density at radius 1 is 1.30 bits per heavy atom. The lowest BCUT2D eigenvalue weighted by molar-refractivity contribution is -0.615. The Morgan fingerprint density at radius 2 is 2.00 bits per heavy atom. The Balaban J connectivity index is 2.42. The average molecular weight is 292 g/mol. The fourth-order valence-electron chi connectivity index (χ4n) is 2.05. The number of hydrogen-bond donors (Lipinski definition) is 0. The Morgan fingerprint density at radius 3 is 2.60 bits per heavy atom. The molecule has 0 aliphatic rings. The summed E-state index contributed by atoms with van der Waals surface area (Å²) in [7, 11) is 1.33. The van der Waals surface area contributed by atoms with Crippen LogP contribution >= 0.6 is 11.6 Å². The van der Waals surface area contributed by atoms with E-state index >= 15 is 0 Å². The van der Waals surface area contributed by atoms with Crippen molar-refractivity contribution in [1.29, 1.82) is 0 Å². The summed E-state index contributed by atoms with van der Waals surface area (Å²) in [5.41, 5.74) is 1.34. The smallest absolute Gasteiger partial charge is 0.306 e. The molecule has 0 amide bonds. The van der Waals surface area contributed by atoms with Crippen LogP contribution in [0.3, 0.4) is 0 Å². The van der Waals surface area contributed by atoms with E-state index in [1.54, 1.807) is 30.3 Å². The van der Waals surface area contributed by atoms with Crippen molar-refractivity contribution >= 4 is 17.6 Å². The number of halogens is 1. The third-order valence-electron chi connectivity index (χ3n) is 3.08. The van der Waals surface area contributed by atoms with Crippen molar-refractivity contribution in [2.75, 3.05) is 7.11 Å². The van der Waals surface area contributed by atoms with Crippen molar-refractivity contribution in [3.05, 3.63) is 70.1 Å². The molecule has 5 heteroatoms. The van der Waals surface area contributed by atoms with Gasteiger partial charge in [-0.25, -0.2) is 0 Å². The summed E-state index contributed by atoms with van der Waals surface area (Å²) < 4.78 is 5.48. The first-order chi connectivity index (χ1) is 9.61. The first kappa shape index (κ1) is 14.3. The van der Waals surface area contributed by atoms with Crippen molar-refractivity contribution in [2.24, 2.45) is 0 Å². The predicted molar refractivity (Wildman–Crippen MR) is 75.3 cm³/mol. The summed E-state index contributed by atoms with van der Waals surface area (Å²) in [4.78, 5) is 11.6. The van der Waals surface area contributed by atoms with Crippen molar-refractivity contribution in [3.8, 4) is 0 Å². The van der Waals surface area contributed by atoms with Crippen molar-refractivity contribution < 1.29 is 14.3 Å². The zero-order chi connectivity index (χ0) is 14.5. The number of aromatic nitrogens is 1. The van der Waals surface area contributed by atoms with Crippen LogP contribution in [-0.4, -0.2) is 13.1 Å². The largest absolute Gasteiger partial charge is 0.618 e. The monoisotopic (exact) mass is 291 g/mol. The molecule has 0 N–H and O–H groups in total. The fourth-order valence-corrected chi connectivity index (χ4v) is 2.18. The predicted octanol–water partition coefficient (Wildman–Crippen LogP) is 2.67. The zero-order valence-corrected chi connectivity index (χ0v) is 11.7. The number of nitrogens with zero attached hydrogens (tertiary/aromatic N) is 1. The number of carbonyl (C=O) groups is 1. The molecule has 0 bridgehead atoms. The number of pyridine rings is 1. The summed E-state index contributed by atoms with van der Waals surface area (Å²) >= 11 is 5.87. The molecule has 2 rings (SSSR count). The molecular weight excluding hydrogens is 278 g/mol. The molecule has 0 fully saturated rings. The summed E-state index contributed by atoms with van der Waals surface area (Å²) in [5.74, 6) is -0.729. The number of methoxy groups -OCH3 is 1. The van der Waals surface area contributed by atoms with Crippen LogP contribution in [0.5, 0.6) is 0 Å². The Hall–Kier alpha value is -2.07. The standard InChI is InChI=1S/C15H14ClNO3/c1-20-15(18)10-13(11-5-7-12(16)8-6-11)14-4-2-3-9-17(14)19/h2-9,13H,10H2,1H3. The third-order valence-corrected chi connectivity index (χ3v) is 3.33. The van der Waals surface area contributed by atoms with Gasteiger partial charge in [0.25, 0.3) is 0 Å². The highest BCUT2D eigenvalue weighted by molar-refractivity contribution is 6.30. The number of hydrogen-bond acceptors (Lipinski definition) is 3. The molecule has 1 aromatic heterocycles. The van der Waals surface area contributed by atoms with E-state index in [0.717, 1.165) is 10.3 Å². The second kappa shape index (κ2) is 6.39. The molecule has 0 saturated carbocycles. The maximum absolute atomic E-state index is 11.9. The minimum absolute atomic E-state index is 0.102. The highest BCUT2D eigenvalue weighted by Gasteiger charge is 2.25. The van der Waals surface area contributed by atoms with Gasteiger partial charge in [-0.3, -0.25) is 4.79 Å². The number of carbonyl (C=O) groups excluding carboxylic acids is 1. The Labute approximate surface area is 122 Å². The summed E-state index contributed by atoms with van der Waals surface area (Å²) in [6.07, 6.45) is 1.51. The highest BCUT2D eigenvalue weighted by Crippen LogP contribution is 2.27. The van der Waals surface area contributed by atoms with Crippen LogP contribution in [0, 0.1) is 5.21 Å². The topological polar surface area (TPSA) is 53.2 Å². The van der Waals surface area contributed by atoms with E-state index < -0.39 is 0 Å². The molecule has 0 aliphatic heterocycles. The molecule has 104 valence electrons. The fraction of sp³-hybridized carbons (Fsp3) is 0.200. The summed E-state index contributed by atoms with van der Waals surface area (Å²) in [5, 5.41) is 12.5. The van der Waals surface area contributed by atoms with Crippen molar-refractivity contribution in [1.82, 2.24) is 0 Å². The molecule has 0 spiro atoms. The van der Waals surface area contributed by atoms with E-state index in [1.165, 1.54) is 13.3 Å². The van der Waals surface area contributed by atoms with Gasteiger partial charge >= 0.3 is 5.97 Å². The average Bonchev–Trinajstić information content (AvgIpc) is 2.46. The third kappa shape index (κ3) is 3.27. The summed E-state index contributed by atoms with van der Waals surface area (Å²) in [6.45, 7) is 0. The van der Waals surface area contributed by atoms with E-state index in [1.807, 2.05) is 12.1 Å². The van der Waals surface area contributed by atoms with Gasteiger partial charge in [-0.15, -0.1) is 0 Å². The van der Waals surface area contributed by atoms with Gasteiger partial charge in [0.05, 0.1) is 19.4 Å². The molecule has 20 heavy (non-hydrogen) atoms. The summed E-state index contributed by atoms with van der Waals surface area (Å²) in [6, 6.07) is 12.2. The molecule has 1 aromatic carbocycles. The molecule has 1 heterocycles. The van der Waals surface area contributed by atoms with Gasteiger partial charge in [-0.05, 0) is 23.8 Å². The minimum atomic E-state index is -0.367. The van der Waals surface area contributed by atoms with Crippen LogP contribution < -0.4 is 4.73 Å². The van der Waals surface area contributed by atoms with Gasteiger partial charge in [-0.1, -0.05) is 23.7 Å². The molecule has 0 aliphatic carbocycles. The van der Waals surface area contributed by atoms with Gasteiger partial charge in [0.15, 0.2) is 6.20 Å². The highest BCUT2D eigenvalue weighted by atomic mass is 35.5. The molecule has 2 aromatic rings. The number of esters is 1. The van der Waals surface area contributed by atoms with Crippen molar-refractivity contribution in [2.45, 2.75) is 12.3 Å². The number of ether oxygens (including phenoxy) is 1. The molecule has 0 radical (unpaired) electrons. The zero-order valence-electron chi connectivity index (χ0n) is 11.0. The molecule has 4 nitrogen and oxygen atoms in total. The van der Waals surface area contributed by atoms with Crippen molar-refractivity contribution in [3.63, 3.8) is 0 Å². The quantitative estimate of drug-likeness (QED) is 0.494. The number of benzene rings is 1. The van der Waals surface area contributed by atoms with E-state index in [9.17, 15) is 10.0 Å². The van der Waals surface area contributed by atoms with Crippen LogP contribution in [0.1, 0.15) is 23.6 Å². The van der Waals surface area contributed by atoms with E-state index in [2.05, 4.69) is 0 Å². The van der Waals surface area contributed by atoms with Crippen LogP contribution in [0.4, 0.5) is 0 Å². The minimum Gasteiger partial charge on any atom is -0.618 e.